The molecular formula is C7H8ClNO2. The van der Waals surface area contributed by atoms with Crippen LogP contribution in [-0.2, 0) is 0 Å². The van der Waals surface area contributed by atoms with Crippen molar-refractivity contribution in [3.8, 4) is 11.5 Å². The first kappa shape index (κ1) is 8.14. The number of rotatable bonds is 2. The van der Waals surface area contributed by atoms with Crippen molar-refractivity contribution in [1.29, 1.82) is 0 Å². The molecule has 1 heterocycles. The summed E-state index contributed by atoms with van der Waals surface area (Å²) in [5, 5.41) is 9.43. The van der Waals surface area contributed by atoms with Gasteiger partial charge in [0.15, 0.2) is 11.5 Å². The van der Waals surface area contributed by atoms with Crippen molar-refractivity contribution in [2.75, 3.05) is 6.61 Å². The van der Waals surface area contributed by atoms with Crippen LogP contribution in [0.4, 0.5) is 0 Å². The van der Waals surface area contributed by atoms with E-state index in [9.17, 15) is 0 Å². The number of aromatic nitrogens is 1. The van der Waals surface area contributed by atoms with Crippen LogP contribution in [-0.4, -0.2) is 16.7 Å². The first-order valence-corrected chi connectivity index (χ1v) is 3.59. The van der Waals surface area contributed by atoms with Crippen molar-refractivity contribution < 1.29 is 9.84 Å². The fourth-order valence-corrected chi connectivity index (χ4v) is 0.825. The lowest BCUT2D eigenvalue weighted by atomic mass is 10.4. The van der Waals surface area contributed by atoms with Crippen molar-refractivity contribution in [1.82, 2.24) is 4.98 Å². The molecule has 3 nitrogen and oxygen atoms in total. The fraction of sp³-hybridized carbons (Fsp3) is 0.286. The number of hydrogen-bond donors (Lipinski definition) is 1. The van der Waals surface area contributed by atoms with Gasteiger partial charge in [0.2, 0.25) is 0 Å². The lowest BCUT2D eigenvalue weighted by molar-refractivity contribution is 0.317. The number of halogens is 1. The van der Waals surface area contributed by atoms with Gasteiger partial charge < -0.3 is 9.84 Å². The fourth-order valence-electron chi connectivity index (χ4n) is 0.677. The van der Waals surface area contributed by atoms with Crippen LogP contribution < -0.4 is 4.74 Å². The van der Waals surface area contributed by atoms with Crippen molar-refractivity contribution in [2.24, 2.45) is 0 Å². The Balaban J connectivity index is 2.93. The number of aromatic hydroxyl groups is 1. The summed E-state index contributed by atoms with van der Waals surface area (Å²) in [4.78, 5) is 3.66. The van der Waals surface area contributed by atoms with Gasteiger partial charge in [0.25, 0.3) is 0 Å². The van der Waals surface area contributed by atoms with Gasteiger partial charge in [0.05, 0.1) is 12.8 Å². The van der Waals surface area contributed by atoms with Crippen LogP contribution in [0.5, 0.6) is 11.5 Å². The summed E-state index contributed by atoms with van der Waals surface area (Å²) >= 11 is 5.55. The molecule has 0 atom stereocenters. The second-order valence-electron chi connectivity index (χ2n) is 1.91. The molecule has 0 aliphatic rings. The van der Waals surface area contributed by atoms with Crippen LogP contribution in [0.2, 0.25) is 5.15 Å². The van der Waals surface area contributed by atoms with Crippen LogP contribution in [0.3, 0.4) is 0 Å². The highest BCUT2D eigenvalue weighted by atomic mass is 35.5. The largest absolute Gasteiger partial charge is 0.503 e. The van der Waals surface area contributed by atoms with Gasteiger partial charge in [0.1, 0.15) is 5.15 Å². The summed E-state index contributed by atoms with van der Waals surface area (Å²) in [6, 6.07) is 1.47. The van der Waals surface area contributed by atoms with Crippen LogP contribution in [0.25, 0.3) is 0 Å². The Labute approximate surface area is 69.6 Å². The lowest BCUT2D eigenvalue weighted by Gasteiger charge is -2.03. The number of pyridine rings is 1. The van der Waals surface area contributed by atoms with E-state index in [0.29, 0.717) is 17.5 Å². The maximum atomic E-state index is 9.12. The second-order valence-corrected chi connectivity index (χ2v) is 2.30. The highest BCUT2D eigenvalue weighted by Crippen LogP contribution is 2.26. The van der Waals surface area contributed by atoms with Gasteiger partial charge in [-0.25, -0.2) is 4.98 Å². The summed E-state index contributed by atoms with van der Waals surface area (Å²) in [5.74, 6) is 0.378. The number of nitrogens with zero attached hydrogens (tertiary/aromatic N) is 1. The summed E-state index contributed by atoms with van der Waals surface area (Å²) in [7, 11) is 0. The van der Waals surface area contributed by atoms with Crippen molar-refractivity contribution >= 4 is 11.6 Å². The van der Waals surface area contributed by atoms with Crippen molar-refractivity contribution in [3.63, 3.8) is 0 Å². The minimum atomic E-state index is 0.0104. The SMILES string of the molecule is CCOc1cc(Cl)ncc1O. The molecule has 4 heteroatoms. The normalized spacial score (nSPS) is 9.64. The van der Waals surface area contributed by atoms with E-state index >= 15 is 0 Å². The molecular weight excluding hydrogens is 166 g/mol. The molecule has 0 spiro atoms. The molecule has 11 heavy (non-hydrogen) atoms. The Kier molecular flexibility index (Phi) is 2.54. The Bertz CT molecular complexity index is 252. The van der Waals surface area contributed by atoms with Crippen LogP contribution in [0.1, 0.15) is 6.92 Å². The van der Waals surface area contributed by atoms with Gasteiger partial charge in [0, 0.05) is 6.07 Å². The van der Waals surface area contributed by atoms with Gasteiger partial charge in [-0.1, -0.05) is 11.6 Å². The van der Waals surface area contributed by atoms with Crippen molar-refractivity contribution in [2.45, 2.75) is 6.92 Å². The second kappa shape index (κ2) is 3.44. The zero-order valence-electron chi connectivity index (χ0n) is 6.04. The molecule has 1 N–H and O–H groups in total. The maximum Gasteiger partial charge on any atom is 0.176 e. The van der Waals surface area contributed by atoms with Crippen LogP contribution in [0, 0.1) is 0 Å². The molecule has 1 aromatic heterocycles. The maximum absolute atomic E-state index is 9.12. The van der Waals surface area contributed by atoms with E-state index in [1.54, 1.807) is 0 Å². The third-order valence-electron chi connectivity index (χ3n) is 1.11. The van der Waals surface area contributed by atoms with E-state index in [0.717, 1.165) is 0 Å². The predicted molar refractivity (Wildman–Crippen MR) is 42.1 cm³/mol. The quantitative estimate of drug-likeness (QED) is 0.694. The highest BCUT2D eigenvalue weighted by Gasteiger charge is 2.01. The number of hydrogen-bond acceptors (Lipinski definition) is 3. The topological polar surface area (TPSA) is 42.4 Å². The molecule has 0 fully saturated rings. The monoisotopic (exact) mass is 173 g/mol. The molecule has 0 unspecified atom stereocenters. The van der Waals surface area contributed by atoms with E-state index in [1.807, 2.05) is 6.92 Å². The Morgan fingerprint density at radius 3 is 3.09 bits per heavy atom. The minimum absolute atomic E-state index is 0.0104. The molecule has 0 aliphatic carbocycles. The standard InChI is InChI=1S/C7H8ClNO2/c1-2-11-6-3-7(8)9-4-5(6)10/h3-4,10H,2H2,1H3. The Hall–Kier alpha value is -0.960. The van der Waals surface area contributed by atoms with Gasteiger partial charge in [-0.15, -0.1) is 0 Å². The molecule has 1 aromatic rings. The molecule has 0 amide bonds. The highest BCUT2D eigenvalue weighted by molar-refractivity contribution is 6.29. The van der Waals surface area contributed by atoms with Gasteiger partial charge in [-0.3, -0.25) is 0 Å². The molecule has 0 bridgehead atoms. The minimum Gasteiger partial charge on any atom is -0.503 e. The van der Waals surface area contributed by atoms with E-state index < -0.39 is 0 Å². The smallest absolute Gasteiger partial charge is 0.176 e. The van der Waals surface area contributed by atoms with E-state index in [2.05, 4.69) is 4.98 Å². The van der Waals surface area contributed by atoms with Gasteiger partial charge >= 0.3 is 0 Å². The third-order valence-corrected chi connectivity index (χ3v) is 1.32. The van der Waals surface area contributed by atoms with E-state index in [1.165, 1.54) is 12.3 Å². The zero-order valence-corrected chi connectivity index (χ0v) is 6.80. The van der Waals surface area contributed by atoms with Crippen LogP contribution >= 0.6 is 11.6 Å². The summed E-state index contributed by atoms with van der Waals surface area (Å²) in [6.07, 6.45) is 1.26. The average molecular weight is 174 g/mol. The van der Waals surface area contributed by atoms with E-state index in [4.69, 9.17) is 21.4 Å². The summed E-state index contributed by atoms with van der Waals surface area (Å²) < 4.78 is 5.04. The lowest BCUT2D eigenvalue weighted by Crippen LogP contribution is -1.92. The Morgan fingerprint density at radius 2 is 2.45 bits per heavy atom. The van der Waals surface area contributed by atoms with Crippen molar-refractivity contribution in [3.05, 3.63) is 17.4 Å². The first-order valence-electron chi connectivity index (χ1n) is 3.21. The Morgan fingerprint density at radius 1 is 1.73 bits per heavy atom. The first-order chi connectivity index (χ1) is 5.24. The molecule has 0 saturated heterocycles. The molecule has 60 valence electrons. The predicted octanol–water partition coefficient (Wildman–Crippen LogP) is 1.84. The molecule has 0 aliphatic heterocycles. The summed E-state index contributed by atoms with van der Waals surface area (Å²) in [5.41, 5.74) is 0. The zero-order chi connectivity index (χ0) is 8.27. The average Bonchev–Trinajstić information content (AvgIpc) is 1.98. The third kappa shape index (κ3) is 1.98. The molecule has 0 saturated carbocycles. The molecule has 1 rings (SSSR count). The van der Waals surface area contributed by atoms with E-state index in [-0.39, 0.29) is 5.75 Å². The van der Waals surface area contributed by atoms with Gasteiger partial charge in [-0.2, -0.15) is 0 Å². The summed E-state index contributed by atoms with van der Waals surface area (Å²) in [6.45, 7) is 2.32. The van der Waals surface area contributed by atoms with Gasteiger partial charge in [-0.05, 0) is 6.92 Å². The number of ether oxygens (including phenoxy) is 1. The molecule has 0 radical (unpaired) electrons. The molecule has 0 aromatic carbocycles. The van der Waals surface area contributed by atoms with Crippen LogP contribution in [0.15, 0.2) is 12.3 Å².